The fourth-order valence-corrected chi connectivity index (χ4v) is 4.59. The van der Waals surface area contributed by atoms with Gasteiger partial charge in [0.1, 0.15) is 10.7 Å². The number of benzene rings is 1. The van der Waals surface area contributed by atoms with Crippen LogP contribution in [0.1, 0.15) is 29.6 Å². The molecular weight excluding hydrogens is 405 g/mol. The maximum absolute atomic E-state index is 13.3. The molecule has 0 atom stereocenters. The Bertz CT molecular complexity index is 1140. The number of sulfonamides is 1. The van der Waals surface area contributed by atoms with Gasteiger partial charge in [0.15, 0.2) is 0 Å². The van der Waals surface area contributed by atoms with Crippen LogP contribution in [0.5, 0.6) is 0 Å². The minimum atomic E-state index is -3.81. The lowest BCUT2D eigenvalue weighted by Gasteiger charge is -2.10. The van der Waals surface area contributed by atoms with Crippen molar-refractivity contribution < 1.29 is 12.8 Å². The van der Waals surface area contributed by atoms with E-state index in [0.29, 0.717) is 41.4 Å². The summed E-state index contributed by atoms with van der Waals surface area (Å²) < 4.78 is 44.8. The van der Waals surface area contributed by atoms with Gasteiger partial charge in [-0.1, -0.05) is 17.7 Å². The fourth-order valence-electron chi connectivity index (χ4n) is 3.01. The summed E-state index contributed by atoms with van der Waals surface area (Å²) in [5, 5.41) is 8.79. The van der Waals surface area contributed by atoms with E-state index in [1.807, 2.05) is 6.92 Å². The number of hydrogen-bond donors (Lipinski definition) is 1. The van der Waals surface area contributed by atoms with Gasteiger partial charge in [0.05, 0.1) is 35.5 Å². The Morgan fingerprint density at radius 1 is 1.18 bits per heavy atom. The summed E-state index contributed by atoms with van der Waals surface area (Å²) in [6.07, 6.45) is 1.34. The van der Waals surface area contributed by atoms with E-state index in [1.54, 1.807) is 36.2 Å². The second-order valence-electron chi connectivity index (χ2n) is 6.45. The van der Waals surface area contributed by atoms with Crippen LogP contribution < -0.4 is 4.72 Å². The molecule has 0 bridgehead atoms. The molecule has 0 aliphatic heterocycles. The largest absolute Gasteiger partial charge is 0.276 e. The Labute approximate surface area is 168 Å². The summed E-state index contributed by atoms with van der Waals surface area (Å²) in [6, 6.07) is 4.14. The molecule has 2 aromatic heterocycles. The van der Waals surface area contributed by atoms with Crippen LogP contribution in [0.2, 0.25) is 5.02 Å². The van der Waals surface area contributed by atoms with Crippen LogP contribution in [0.25, 0.3) is 0 Å². The zero-order chi connectivity index (χ0) is 20.6. The maximum atomic E-state index is 13.3. The standard InChI is InChI=1S/C18H21ClFN5O2S/c1-5-24-12(3)17(9-21-24)28(26,27)23-18-11(2)22-25(13(18)4)10-14-6-7-15(20)8-16(14)19/h6-9,23H,5,10H2,1-4H3. The molecule has 0 aliphatic carbocycles. The van der Waals surface area contributed by atoms with E-state index >= 15 is 0 Å². The summed E-state index contributed by atoms with van der Waals surface area (Å²) in [5.74, 6) is -0.418. The van der Waals surface area contributed by atoms with Crippen LogP contribution in [0, 0.1) is 26.6 Å². The minimum absolute atomic E-state index is 0.127. The van der Waals surface area contributed by atoms with Gasteiger partial charge in [0.25, 0.3) is 10.0 Å². The van der Waals surface area contributed by atoms with Crippen LogP contribution >= 0.6 is 11.6 Å². The van der Waals surface area contributed by atoms with Crippen molar-refractivity contribution in [1.29, 1.82) is 0 Å². The molecule has 0 unspecified atom stereocenters. The van der Waals surface area contributed by atoms with Gasteiger partial charge in [0.2, 0.25) is 0 Å². The van der Waals surface area contributed by atoms with Crippen molar-refractivity contribution in [3.05, 3.63) is 57.9 Å². The SMILES string of the molecule is CCn1ncc(S(=O)(=O)Nc2c(C)nn(Cc3ccc(F)cc3Cl)c2C)c1C. The summed E-state index contributed by atoms with van der Waals surface area (Å²) >= 11 is 6.10. The third-order valence-electron chi connectivity index (χ3n) is 4.60. The summed E-state index contributed by atoms with van der Waals surface area (Å²) in [4.78, 5) is 0.127. The van der Waals surface area contributed by atoms with Gasteiger partial charge in [-0.3, -0.25) is 14.1 Å². The highest BCUT2D eigenvalue weighted by Gasteiger charge is 2.24. The van der Waals surface area contributed by atoms with Crippen molar-refractivity contribution >= 4 is 27.3 Å². The van der Waals surface area contributed by atoms with E-state index in [9.17, 15) is 12.8 Å². The van der Waals surface area contributed by atoms with Gasteiger partial charge in [-0.25, -0.2) is 12.8 Å². The molecule has 1 aromatic carbocycles. The normalized spacial score (nSPS) is 11.8. The van der Waals surface area contributed by atoms with E-state index in [-0.39, 0.29) is 9.92 Å². The van der Waals surface area contributed by atoms with Gasteiger partial charge < -0.3 is 0 Å². The molecular formula is C18H21ClFN5O2S. The molecule has 0 spiro atoms. The molecule has 1 N–H and O–H groups in total. The summed E-state index contributed by atoms with van der Waals surface area (Å²) in [6.45, 7) is 7.96. The Morgan fingerprint density at radius 3 is 2.50 bits per heavy atom. The van der Waals surface area contributed by atoms with E-state index in [2.05, 4.69) is 14.9 Å². The van der Waals surface area contributed by atoms with Crippen molar-refractivity contribution in [1.82, 2.24) is 19.6 Å². The first-order valence-corrected chi connectivity index (χ1v) is 10.5. The predicted octanol–water partition coefficient (Wildman–Crippen LogP) is 3.67. The fraction of sp³-hybridized carbons (Fsp3) is 0.333. The smallest absolute Gasteiger partial charge is 0.265 e. The van der Waals surface area contributed by atoms with Crippen LogP contribution in [0.3, 0.4) is 0 Å². The van der Waals surface area contributed by atoms with Gasteiger partial charge in [-0.2, -0.15) is 10.2 Å². The Morgan fingerprint density at radius 2 is 1.89 bits per heavy atom. The summed E-state index contributed by atoms with van der Waals surface area (Å²) in [5.41, 5.74) is 2.81. The van der Waals surface area contributed by atoms with E-state index in [0.717, 1.165) is 0 Å². The van der Waals surface area contributed by atoms with Gasteiger partial charge in [0, 0.05) is 11.6 Å². The molecule has 150 valence electrons. The predicted molar refractivity (Wildman–Crippen MR) is 106 cm³/mol. The molecule has 0 amide bonds. The molecule has 0 fully saturated rings. The second-order valence-corrected chi connectivity index (χ2v) is 8.51. The lowest BCUT2D eigenvalue weighted by Crippen LogP contribution is -2.15. The first-order valence-electron chi connectivity index (χ1n) is 8.67. The van der Waals surface area contributed by atoms with Crippen LogP contribution in [-0.4, -0.2) is 28.0 Å². The van der Waals surface area contributed by atoms with Gasteiger partial charge in [-0.15, -0.1) is 0 Å². The number of aryl methyl sites for hydroxylation is 2. The van der Waals surface area contributed by atoms with Crippen LogP contribution in [0.4, 0.5) is 10.1 Å². The minimum Gasteiger partial charge on any atom is -0.276 e. The molecule has 28 heavy (non-hydrogen) atoms. The Balaban J connectivity index is 1.92. The molecule has 0 aliphatic rings. The molecule has 10 heteroatoms. The number of halogens is 2. The zero-order valence-electron chi connectivity index (χ0n) is 16.0. The van der Waals surface area contributed by atoms with Gasteiger partial charge in [-0.05, 0) is 45.4 Å². The monoisotopic (exact) mass is 425 g/mol. The Kier molecular flexibility index (Phi) is 5.49. The zero-order valence-corrected chi connectivity index (χ0v) is 17.6. The molecule has 3 aromatic rings. The number of aromatic nitrogens is 4. The number of nitrogens with one attached hydrogen (secondary N) is 1. The maximum Gasteiger partial charge on any atom is 0.265 e. The van der Waals surface area contributed by atoms with Crippen LogP contribution in [0.15, 0.2) is 29.3 Å². The number of hydrogen-bond acceptors (Lipinski definition) is 4. The molecule has 2 heterocycles. The van der Waals surface area contributed by atoms with Crippen molar-refractivity contribution in [3.8, 4) is 0 Å². The molecule has 0 radical (unpaired) electrons. The topological polar surface area (TPSA) is 81.8 Å². The first kappa shape index (κ1) is 20.3. The van der Waals surface area contributed by atoms with Gasteiger partial charge >= 0.3 is 0 Å². The van der Waals surface area contributed by atoms with Crippen molar-refractivity contribution in [3.63, 3.8) is 0 Å². The number of rotatable bonds is 6. The number of nitrogens with zero attached hydrogens (tertiary/aromatic N) is 4. The molecule has 0 saturated heterocycles. The average Bonchev–Trinajstić information content (AvgIpc) is 3.12. The number of anilines is 1. The van der Waals surface area contributed by atoms with E-state index in [4.69, 9.17) is 11.6 Å². The van der Waals surface area contributed by atoms with Crippen molar-refractivity contribution in [2.24, 2.45) is 0 Å². The van der Waals surface area contributed by atoms with Crippen LogP contribution in [-0.2, 0) is 23.1 Å². The summed E-state index contributed by atoms with van der Waals surface area (Å²) in [7, 11) is -3.81. The third-order valence-corrected chi connectivity index (χ3v) is 6.40. The highest BCUT2D eigenvalue weighted by atomic mass is 35.5. The van der Waals surface area contributed by atoms with E-state index < -0.39 is 15.8 Å². The lowest BCUT2D eigenvalue weighted by molar-refractivity contribution is 0.598. The quantitative estimate of drug-likeness (QED) is 0.653. The van der Waals surface area contributed by atoms with Crippen molar-refractivity contribution in [2.45, 2.75) is 45.7 Å². The first-order chi connectivity index (χ1) is 13.1. The second kappa shape index (κ2) is 7.56. The molecule has 0 saturated carbocycles. The highest BCUT2D eigenvalue weighted by molar-refractivity contribution is 7.92. The molecule has 3 rings (SSSR count). The van der Waals surface area contributed by atoms with Crippen molar-refractivity contribution in [2.75, 3.05) is 4.72 Å². The molecule has 7 nitrogen and oxygen atoms in total. The average molecular weight is 426 g/mol. The third kappa shape index (κ3) is 3.77. The van der Waals surface area contributed by atoms with E-state index in [1.165, 1.54) is 18.3 Å². The lowest BCUT2D eigenvalue weighted by atomic mass is 10.2. The Hall–Kier alpha value is -2.39. The highest BCUT2D eigenvalue weighted by Crippen LogP contribution is 2.26.